The zero-order valence-electron chi connectivity index (χ0n) is 15.0. The number of hydrogen-bond acceptors (Lipinski definition) is 6. The summed E-state index contributed by atoms with van der Waals surface area (Å²) in [5, 5.41) is 2.81. The fourth-order valence-corrected chi connectivity index (χ4v) is 2.60. The largest absolute Gasteiger partial charge is 0.441 e. The van der Waals surface area contributed by atoms with Crippen molar-refractivity contribution >= 4 is 11.6 Å². The molecule has 7 nitrogen and oxygen atoms in total. The van der Waals surface area contributed by atoms with Gasteiger partial charge in [-0.05, 0) is 31.2 Å². The van der Waals surface area contributed by atoms with Gasteiger partial charge >= 0.3 is 0 Å². The topological polar surface area (TPSA) is 90.1 Å². The van der Waals surface area contributed by atoms with Crippen LogP contribution in [0, 0.1) is 6.92 Å². The molecule has 0 aliphatic carbocycles. The number of amides is 1. The van der Waals surface area contributed by atoms with E-state index >= 15 is 0 Å². The van der Waals surface area contributed by atoms with E-state index in [2.05, 4.69) is 20.3 Å². The standard InChI is InChI=1S/C21H16N4O3/c1-14-19(25-21(27-14)15-6-3-2-4-7-15)20(26)24-16-8-5-9-17(12-16)28-18-13-22-10-11-23-18/h2-13H,1H3,(H,24,26). The zero-order chi connectivity index (χ0) is 19.3. The highest BCUT2D eigenvalue weighted by atomic mass is 16.5. The van der Waals surface area contributed by atoms with E-state index in [1.165, 1.54) is 6.20 Å². The first-order chi connectivity index (χ1) is 13.7. The Morgan fingerprint density at radius 3 is 2.71 bits per heavy atom. The van der Waals surface area contributed by atoms with Crippen molar-refractivity contribution in [1.82, 2.24) is 15.0 Å². The lowest BCUT2D eigenvalue weighted by Gasteiger charge is -2.07. The third-order valence-corrected chi connectivity index (χ3v) is 3.89. The van der Waals surface area contributed by atoms with E-state index in [-0.39, 0.29) is 11.6 Å². The summed E-state index contributed by atoms with van der Waals surface area (Å²) >= 11 is 0. The molecule has 0 fully saturated rings. The number of nitrogens with one attached hydrogen (secondary N) is 1. The summed E-state index contributed by atoms with van der Waals surface area (Å²) in [5.41, 5.74) is 1.61. The van der Waals surface area contributed by atoms with E-state index in [9.17, 15) is 4.79 Å². The van der Waals surface area contributed by atoms with Gasteiger partial charge in [0.2, 0.25) is 11.8 Å². The number of anilines is 1. The van der Waals surface area contributed by atoms with Crippen molar-refractivity contribution in [2.45, 2.75) is 6.92 Å². The molecule has 2 heterocycles. The average molecular weight is 372 g/mol. The van der Waals surface area contributed by atoms with Crippen molar-refractivity contribution in [1.29, 1.82) is 0 Å². The van der Waals surface area contributed by atoms with Crippen molar-refractivity contribution in [2.24, 2.45) is 0 Å². The minimum atomic E-state index is -0.361. The number of aromatic nitrogens is 3. The van der Waals surface area contributed by atoms with Crippen LogP contribution in [-0.2, 0) is 0 Å². The van der Waals surface area contributed by atoms with Gasteiger partial charge < -0.3 is 14.5 Å². The summed E-state index contributed by atoms with van der Waals surface area (Å²) in [6.07, 6.45) is 4.61. The van der Waals surface area contributed by atoms with Crippen LogP contribution >= 0.6 is 0 Å². The first-order valence-electron chi connectivity index (χ1n) is 8.57. The van der Waals surface area contributed by atoms with Gasteiger partial charge in [0.1, 0.15) is 11.5 Å². The van der Waals surface area contributed by atoms with Gasteiger partial charge in [-0.15, -0.1) is 0 Å². The van der Waals surface area contributed by atoms with Crippen LogP contribution < -0.4 is 10.1 Å². The van der Waals surface area contributed by atoms with Crippen molar-refractivity contribution < 1.29 is 13.9 Å². The van der Waals surface area contributed by atoms with Crippen molar-refractivity contribution in [3.8, 4) is 23.1 Å². The van der Waals surface area contributed by atoms with E-state index in [4.69, 9.17) is 9.15 Å². The van der Waals surface area contributed by atoms with Crippen molar-refractivity contribution in [2.75, 3.05) is 5.32 Å². The second-order valence-corrected chi connectivity index (χ2v) is 5.92. The third-order valence-electron chi connectivity index (χ3n) is 3.89. The molecule has 0 radical (unpaired) electrons. The molecule has 0 saturated heterocycles. The highest BCUT2D eigenvalue weighted by Crippen LogP contribution is 2.24. The summed E-state index contributed by atoms with van der Waals surface area (Å²) in [5.74, 6) is 1.39. The van der Waals surface area contributed by atoms with Crippen LogP contribution in [0.2, 0.25) is 0 Å². The molecule has 2 aromatic heterocycles. The Morgan fingerprint density at radius 1 is 1.07 bits per heavy atom. The van der Waals surface area contributed by atoms with E-state index in [1.54, 1.807) is 43.6 Å². The number of aryl methyl sites for hydroxylation is 1. The molecule has 4 rings (SSSR count). The van der Waals surface area contributed by atoms with Gasteiger partial charge in [-0.2, -0.15) is 0 Å². The number of hydrogen-bond donors (Lipinski definition) is 1. The fourth-order valence-electron chi connectivity index (χ4n) is 2.60. The average Bonchev–Trinajstić information content (AvgIpc) is 3.12. The molecule has 2 aromatic carbocycles. The quantitative estimate of drug-likeness (QED) is 0.555. The SMILES string of the molecule is Cc1oc(-c2ccccc2)nc1C(=O)Nc1cccc(Oc2cnccn2)c1. The maximum atomic E-state index is 12.7. The van der Waals surface area contributed by atoms with Crippen LogP contribution in [0.5, 0.6) is 11.6 Å². The maximum absolute atomic E-state index is 12.7. The minimum absolute atomic E-state index is 0.235. The van der Waals surface area contributed by atoms with E-state index < -0.39 is 0 Å². The molecule has 7 heteroatoms. The molecule has 0 saturated carbocycles. The Hall–Kier alpha value is -4.00. The number of carbonyl (C=O) groups is 1. The lowest BCUT2D eigenvalue weighted by atomic mass is 10.2. The lowest BCUT2D eigenvalue weighted by Crippen LogP contribution is -2.13. The van der Waals surface area contributed by atoms with E-state index in [0.717, 1.165) is 5.56 Å². The van der Waals surface area contributed by atoms with Gasteiger partial charge in [-0.25, -0.2) is 9.97 Å². The molecule has 0 aliphatic heterocycles. The minimum Gasteiger partial charge on any atom is -0.441 e. The molecule has 0 spiro atoms. The summed E-state index contributed by atoms with van der Waals surface area (Å²) in [6, 6.07) is 16.4. The van der Waals surface area contributed by atoms with Crippen molar-refractivity contribution in [3.05, 3.63) is 84.6 Å². The lowest BCUT2D eigenvalue weighted by molar-refractivity contribution is 0.102. The molecule has 0 aliphatic rings. The molecule has 0 unspecified atom stereocenters. The van der Waals surface area contributed by atoms with E-state index in [1.807, 2.05) is 30.3 Å². The molecule has 1 amide bonds. The smallest absolute Gasteiger partial charge is 0.277 e. The Kier molecular flexibility index (Phi) is 4.79. The fraction of sp³-hybridized carbons (Fsp3) is 0.0476. The first-order valence-corrected chi connectivity index (χ1v) is 8.57. The molecule has 4 aromatic rings. The normalized spacial score (nSPS) is 10.5. The Labute approximate surface area is 161 Å². The number of rotatable bonds is 5. The van der Waals surface area contributed by atoms with E-state index in [0.29, 0.717) is 29.0 Å². The summed E-state index contributed by atoms with van der Waals surface area (Å²) < 4.78 is 11.3. The van der Waals surface area contributed by atoms with Crippen LogP contribution in [0.25, 0.3) is 11.5 Å². The molecule has 138 valence electrons. The molecule has 28 heavy (non-hydrogen) atoms. The number of ether oxygens (including phenoxy) is 1. The highest BCUT2D eigenvalue weighted by Gasteiger charge is 2.18. The predicted molar refractivity (Wildman–Crippen MR) is 103 cm³/mol. The molecular weight excluding hydrogens is 356 g/mol. The summed E-state index contributed by atoms with van der Waals surface area (Å²) in [7, 11) is 0. The van der Waals surface area contributed by atoms with Gasteiger partial charge in [-0.1, -0.05) is 24.3 Å². The predicted octanol–water partition coefficient (Wildman–Crippen LogP) is 4.48. The van der Waals surface area contributed by atoms with Gasteiger partial charge in [-0.3, -0.25) is 9.78 Å². The van der Waals surface area contributed by atoms with Crippen LogP contribution in [0.4, 0.5) is 5.69 Å². The van der Waals surface area contributed by atoms with Gasteiger partial charge in [0.25, 0.3) is 5.91 Å². The van der Waals surface area contributed by atoms with Gasteiger partial charge in [0.15, 0.2) is 5.69 Å². The maximum Gasteiger partial charge on any atom is 0.277 e. The Bertz CT molecular complexity index is 1100. The highest BCUT2D eigenvalue weighted by molar-refractivity contribution is 6.03. The molecular formula is C21H16N4O3. The Balaban J connectivity index is 1.51. The molecule has 0 bridgehead atoms. The second kappa shape index (κ2) is 7.71. The summed E-state index contributed by atoms with van der Waals surface area (Å²) in [6.45, 7) is 1.71. The van der Waals surface area contributed by atoms with Crippen molar-refractivity contribution in [3.63, 3.8) is 0 Å². The monoisotopic (exact) mass is 372 g/mol. The van der Waals surface area contributed by atoms with Crippen LogP contribution in [0.1, 0.15) is 16.2 Å². The van der Waals surface area contributed by atoms with Crippen LogP contribution in [0.15, 0.2) is 77.6 Å². The Morgan fingerprint density at radius 2 is 1.93 bits per heavy atom. The number of nitrogens with zero attached hydrogens (tertiary/aromatic N) is 3. The summed E-state index contributed by atoms with van der Waals surface area (Å²) in [4.78, 5) is 25.0. The molecule has 0 atom stereocenters. The number of benzene rings is 2. The first kappa shape index (κ1) is 17.4. The molecule has 1 N–H and O–H groups in total. The van der Waals surface area contributed by atoms with Crippen LogP contribution in [0.3, 0.4) is 0 Å². The van der Waals surface area contributed by atoms with Gasteiger partial charge in [0.05, 0.1) is 6.20 Å². The second-order valence-electron chi connectivity index (χ2n) is 5.92. The zero-order valence-corrected chi connectivity index (χ0v) is 15.0. The van der Waals surface area contributed by atoms with Gasteiger partial charge in [0, 0.05) is 29.7 Å². The number of oxazole rings is 1. The number of carbonyl (C=O) groups excluding carboxylic acids is 1. The third kappa shape index (κ3) is 3.88. The van der Waals surface area contributed by atoms with Crippen LogP contribution in [-0.4, -0.2) is 20.9 Å².